The van der Waals surface area contributed by atoms with Crippen LogP contribution >= 0.6 is 0 Å². The van der Waals surface area contributed by atoms with Gasteiger partial charge in [0.1, 0.15) is 0 Å². The molecule has 212 valence electrons. The summed E-state index contributed by atoms with van der Waals surface area (Å²) >= 11 is 0. The zero-order chi connectivity index (χ0) is 27.4. The summed E-state index contributed by atoms with van der Waals surface area (Å²) in [6.45, 7) is 10.8. The van der Waals surface area contributed by atoms with Crippen LogP contribution in [0.25, 0.3) is 0 Å². The van der Waals surface area contributed by atoms with Gasteiger partial charge in [-0.05, 0) is 87.0 Å². The molecule has 1 spiro atoms. The highest BCUT2D eigenvalue weighted by Crippen LogP contribution is 2.43. The molecule has 2 saturated heterocycles. The second-order valence-corrected chi connectivity index (χ2v) is 13.1. The van der Waals surface area contributed by atoms with Crippen molar-refractivity contribution in [1.82, 2.24) is 24.9 Å². The first-order valence-electron chi connectivity index (χ1n) is 15.6. The van der Waals surface area contributed by atoms with Gasteiger partial charge < -0.3 is 20.0 Å². The molecular formula is C32H43N7O. The minimum atomic E-state index is 0.137. The highest BCUT2D eigenvalue weighted by Gasteiger charge is 2.42. The molecule has 5 heterocycles. The molecule has 2 aromatic rings. The molecule has 1 amide bonds. The summed E-state index contributed by atoms with van der Waals surface area (Å²) in [6.07, 6.45) is 10.7. The van der Waals surface area contributed by atoms with Crippen molar-refractivity contribution < 1.29 is 4.79 Å². The molecular weight excluding hydrogens is 498 g/mol. The van der Waals surface area contributed by atoms with Gasteiger partial charge in [0, 0.05) is 75.6 Å². The molecule has 1 saturated carbocycles. The van der Waals surface area contributed by atoms with E-state index in [4.69, 9.17) is 5.10 Å². The van der Waals surface area contributed by atoms with Crippen LogP contribution in [0.3, 0.4) is 0 Å². The Morgan fingerprint density at radius 3 is 2.50 bits per heavy atom. The molecule has 1 aromatic heterocycles. The second-order valence-electron chi connectivity index (χ2n) is 13.1. The van der Waals surface area contributed by atoms with Gasteiger partial charge in [-0.2, -0.15) is 10.4 Å². The van der Waals surface area contributed by atoms with Gasteiger partial charge in [0.05, 0.1) is 24.2 Å². The average molecular weight is 542 g/mol. The first-order chi connectivity index (χ1) is 19.4. The molecule has 0 bridgehead atoms. The normalized spacial score (nSPS) is 23.4. The summed E-state index contributed by atoms with van der Waals surface area (Å²) < 4.78 is 2.38. The maximum absolute atomic E-state index is 12.4. The lowest BCUT2D eigenvalue weighted by Crippen LogP contribution is -2.57. The summed E-state index contributed by atoms with van der Waals surface area (Å²) in [5.41, 5.74) is 7.37. The second kappa shape index (κ2) is 10.2. The fourth-order valence-electron chi connectivity index (χ4n) is 8.20. The first kappa shape index (κ1) is 26.0. The maximum Gasteiger partial charge on any atom is 0.219 e. The number of hydrogen-bond acceptors (Lipinski definition) is 6. The molecule has 0 unspecified atom stereocenters. The standard InChI is InChI=1S/C32H43N7O/c1-22-16-30-24(17-25(22)18-33)4-3-12-38(30)31-28-19-37(23(2)40)15-9-29(28)39(35-31)27-7-13-36(14-8-27)26-5-10-32(11-6-26)20-34-21-32/h16-17,26-27,34H,3-15,19-21H2,1-2H3. The molecule has 8 heteroatoms. The van der Waals surface area contributed by atoms with Gasteiger partial charge in [-0.15, -0.1) is 0 Å². The Hall–Kier alpha value is -2.89. The fraction of sp³-hybridized carbons (Fsp3) is 0.656. The predicted octanol–water partition coefficient (Wildman–Crippen LogP) is 4.22. The Labute approximate surface area is 238 Å². The maximum atomic E-state index is 12.4. The third-order valence-electron chi connectivity index (χ3n) is 10.8. The molecule has 1 aromatic carbocycles. The first-order valence-corrected chi connectivity index (χ1v) is 15.6. The minimum absolute atomic E-state index is 0.137. The van der Waals surface area contributed by atoms with E-state index in [0.717, 1.165) is 81.3 Å². The summed E-state index contributed by atoms with van der Waals surface area (Å²) in [4.78, 5) is 19.5. The fourth-order valence-corrected chi connectivity index (χ4v) is 8.20. The van der Waals surface area contributed by atoms with E-state index in [9.17, 15) is 10.1 Å². The van der Waals surface area contributed by atoms with Crippen LogP contribution in [-0.2, 0) is 24.2 Å². The van der Waals surface area contributed by atoms with E-state index in [1.165, 1.54) is 61.3 Å². The van der Waals surface area contributed by atoms with Crippen LogP contribution < -0.4 is 10.2 Å². The molecule has 8 nitrogen and oxygen atoms in total. The number of likely N-dealkylation sites (tertiary alicyclic amines) is 1. The summed E-state index contributed by atoms with van der Waals surface area (Å²) in [7, 11) is 0. The van der Waals surface area contributed by atoms with E-state index in [0.29, 0.717) is 18.0 Å². The largest absolute Gasteiger partial charge is 0.338 e. The molecule has 1 N–H and O–H groups in total. The number of fused-ring (bicyclic) bond motifs is 2. The number of carbonyl (C=O) groups excluding carboxylic acids is 1. The van der Waals surface area contributed by atoms with Crippen molar-refractivity contribution in [3.63, 3.8) is 0 Å². The van der Waals surface area contributed by atoms with Crippen LogP contribution in [-0.4, -0.2) is 70.8 Å². The zero-order valence-corrected chi connectivity index (χ0v) is 24.2. The molecule has 1 aliphatic carbocycles. The van der Waals surface area contributed by atoms with Gasteiger partial charge in [0.2, 0.25) is 5.91 Å². The predicted molar refractivity (Wildman–Crippen MR) is 156 cm³/mol. The van der Waals surface area contributed by atoms with Crippen molar-refractivity contribution in [3.05, 3.63) is 40.1 Å². The number of anilines is 2. The van der Waals surface area contributed by atoms with Crippen LogP contribution in [0.4, 0.5) is 11.5 Å². The number of amides is 1. The van der Waals surface area contributed by atoms with Gasteiger partial charge in [0.15, 0.2) is 5.82 Å². The lowest BCUT2D eigenvalue weighted by molar-refractivity contribution is -0.129. The van der Waals surface area contributed by atoms with Gasteiger partial charge >= 0.3 is 0 Å². The zero-order valence-electron chi connectivity index (χ0n) is 24.2. The van der Waals surface area contributed by atoms with Gasteiger partial charge in [0.25, 0.3) is 0 Å². The molecule has 0 radical (unpaired) electrons. The van der Waals surface area contributed by atoms with Gasteiger partial charge in [-0.25, -0.2) is 0 Å². The Kier molecular flexibility index (Phi) is 6.63. The van der Waals surface area contributed by atoms with Crippen molar-refractivity contribution in [2.75, 3.05) is 44.2 Å². The lowest BCUT2D eigenvalue weighted by Gasteiger charge is -2.50. The monoisotopic (exact) mass is 541 g/mol. The number of aryl methyl sites for hydroxylation is 2. The average Bonchev–Trinajstić information content (AvgIpc) is 3.34. The van der Waals surface area contributed by atoms with E-state index in [1.807, 2.05) is 11.8 Å². The minimum Gasteiger partial charge on any atom is -0.338 e. The number of rotatable bonds is 3. The highest BCUT2D eigenvalue weighted by atomic mass is 16.2. The Bertz CT molecular complexity index is 1330. The number of nitrogens with one attached hydrogen (secondary N) is 1. The van der Waals surface area contributed by atoms with Crippen molar-refractivity contribution in [3.8, 4) is 6.07 Å². The third-order valence-corrected chi connectivity index (χ3v) is 10.8. The quantitative estimate of drug-likeness (QED) is 0.627. The van der Waals surface area contributed by atoms with E-state index in [1.54, 1.807) is 6.92 Å². The molecule has 4 aliphatic heterocycles. The smallest absolute Gasteiger partial charge is 0.219 e. The highest BCUT2D eigenvalue weighted by molar-refractivity contribution is 5.75. The van der Waals surface area contributed by atoms with Crippen LogP contribution in [0.5, 0.6) is 0 Å². The number of carbonyl (C=O) groups is 1. The van der Waals surface area contributed by atoms with E-state index < -0.39 is 0 Å². The lowest BCUT2D eigenvalue weighted by atomic mass is 9.68. The molecule has 3 fully saturated rings. The number of benzene rings is 1. The summed E-state index contributed by atoms with van der Waals surface area (Å²) in [5.74, 6) is 1.17. The van der Waals surface area contributed by atoms with Crippen molar-refractivity contribution >= 4 is 17.4 Å². The third kappa shape index (κ3) is 4.42. The Morgan fingerprint density at radius 1 is 1.05 bits per heavy atom. The molecule has 0 atom stereocenters. The number of nitrogens with zero attached hydrogens (tertiary/aromatic N) is 6. The Balaban J connectivity index is 1.15. The van der Waals surface area contributed by atoms with Crippen LogP contribution in [0.1, 0.15) is 85.9 Å². The molecule has 40 heavy (non-hydrogen) atoms. The van der Waals surface area contributed by atoms with Crippen molar-refractivity contribution in [2.24, 2.45) is 5.41 Å². The van der Waals surface area contributed by atoms with Crippen molar-refractivity contribution in [2.45, 2.75) is 90.3 Å². The van der Waals surface area contributed by atoms with Gasteiger partial charge in [-0.1, -0.05) is 0 Å². The number of hydrogen-bond donors (Lipinski definition) is 1. The van der Waals surface area contributed by atoms with E-state index in [2.05, 4.69) is 38.0 Å². The van der Waals surface area contributed by atoms with E-state index in [-0.39, 0.29) is 5.91 Å². The number of piperidine rings is 1. The number of aromatic nitrogens is 2. The van der Waals surface area contributed by atoms with E-state index >= 15 is 0 Å². The topological polar surface area (TPSA) is 80.4 Å². The SMILES string of the molecule is CC(=O)N1CCc2c(c(N3CCCc4cc(C#N)c(C)cc43)nn2C2CCN(C3CCC4(CC3)CNC4)CC2)C1. The summed E-state index contributed by atoms with van der Waals surface area (Å²) in [6, 6.07) is 7.79. The van der Waals surface area contributed by atoms with Crippen molar-refractivity contribution in [1.29, 1.82) is 5.26 Å². The Morgan fingerprint density at radius 2 is 1.82 bits per heavy atom. The summed E-state index contributed by atoms with van der Waals surface area (Å²) in [5, 5.41) is 18.5. The molecule has 5 aliphatic rings. The van der Waals surface area contributed by atoms with Gasteiger partial charge in [-0.3, -0.25) is 9.48 Å². The van der Waals surface area contributed by atoms with Crippen LogP contribution in [0.15, 0.2) is 12.1 Å². The molecule has 7 rings (SSSR count). The number of nitriles is 1. The van der Waals surface area contributed by atoms with Crippen LogP contribution in [0.2, 0.25) is 0 Å². The van der Waals surface area contributed by atoms with Crippen LogP contribution in [0, 0.1) is 23.7 Å².